The average molecular weight is 652 g/mol. The van der Waals surface area contributed by atoms with Crippen molar-refractivity contribution < 1.29 is 9.28 Å². The molecule has 274 valence electrons. The molecule has 0 heterocycles. The molecule has 0 rings (SSSR count). The Morgan fingerprint density at radius 3 is 1.33 bits per heavy atom. The van der Waals surface area contributed by atoms with Crippen molar-refractivity contribution in [3.05, 3.63) is 0 Å². The number of nitrogens with zero attached hydrogens (tertiary/aromatic N) is 2. The number of nitrogens with two attached hydrogens (primary N) is 3. The van der Waals surface area contributed by atoms with Gasteiger partial charge in [-0.05, 0) is 51.9 Å². The van der Waals surface area contributed by atoms with Gasteiger partial charge in [-0.15, -0.1) is 0 Å². The molecule has 0 saturated carbocycles. The van der Waals surface area contributed by atoms with E-state index in [0.29, 0.717) is 19.5 Å². The van der Waals surface area contributed by atoms with Crippen LogP contribution in [0.5, 0.6) is 0 Å². The van der Waals surface area contributed by atoms with E-state index < -0.39 is 5.54 Å². The number of carbonyl (C=O) groups is 1. The molecule has 0 saturated heterocycles. The number of nitrogens with one attached hydrogen (secondary N) is 1. The van der Waals surface area contributed by atoms with Gasteiger partial charge in [0.05, 0.1) is 38.8 Å². The van der Waals surface area contributed by atoms with E-state index in [9.17, 15) is 4.79 Å². The van der Waals surface area contributed by atoms with E-state index in [2.05, 4.69) is 31.2 Å². The van der Waals surface area contributed by atoms with Gasteiger partial charge in [0.1, 0.15) is 0 Å². The zero-order valence-electron chi connectivity index (χ0n) is 31.7. The topological polar surface area (TPSA) is 120 Å². The van der Waals surface area contributed by atoms with Crippen molar-refractivity contribution in [3.8, 4) is 0 Å². The van der Waals surface area contributed by atoms with E-state index >= 15 is 0 Å². The normalized spacial score (nSPS) is 13.1. The molecular weight excluding hydrogens is 568 g/mol. The molecule has 46 heavy (non-hydrogen) atoms. The zero-order chi connectivity index (χ0) is 34.2. The Balaban J connectivity index is 4.46. The first-order chi connectivity index (χ1) is 22.2. The lowest BCUT2D eigenvalue weighted by molar-refractivity contribution is -0.908. The standard InChI is InChI=1S/C39H82N6O/c1-5-7-9-11-13-15-17-19-21-23-25-29-34-45(4,35-30-26-24-22-20-18-16-14-12-10-8-6-2)36-33-43-37(46)39(3,42)31-27-28-32-44-38(40)41/h5-36,42H2,1-4H3,(H4-,40,41,43,44,46)/p+1. The van der Waals surface area contributed by atoms with Gasteiger partial charge in [-0.1, -0.05) is 142 Å². The fourth-order valence-electron chi connectivity index (χ4n) is 6.57. The molecule has 1 atom stereocenters. The molecule has 0 fully saturated rings. The summed E-state index contributed by atoms with van der Waals surface area (Å²) in [5.74, 6) is 0.0676. The summed E-state index contributed by atoms with van der Waals surface area (Å²) in [5, 5.41) is 3.18. The first-order valence-electron chi connectivity index (χ1n) is 20.1. The number of hydrogen-bond acceptors (Lipinski definition) is 3. The second-order valence-electron chi connectivity index (χ2n) is 15.0. The summed E-state index contributed by atoms with van der Waals surface area (Å²) in [6, 6.07) is 0. The van der Waals surface area contributed by atoms with Crippen molar-refractivity contribution >= 4 is 11.9 Å². The number of aliphatic imine (C=N–C) groups is 1. The van der Waals surface area contributed by atoms with Gasteiger partial charge in [-0.25, -0.2) is 0 Å². The summed E-state index contributed by atoms with van der Waals surface area (Å²) in [5.41, 5.74) is 16.4. The lowest BCUT2D eigenvalue weighted by Gasteiger charge is -2.35. The molecule has 0 aromatic carbocycles. The van der Waals surface area contributed by atoms with Crippen molar-refractivity contribution in [2.75, 3.05) is 39.8 Å². The first-order valence-corrected chi connectivity index (χ1v) is 20.1. The van der Waals surface area contributed by atoms with E-state index in [1.54, 1.807) is 0 Å². The van der Waals surface area contributed by atoms with E-state index in [4.69, 9.17) is 17.2 Å². The fraction of sp³-hybridized carbons (Fsp3) is 0.949. The van der Waals surface area contributed by atoms with Crippen LogP contribution in [-0.2, 0) is 4.79 Å². The van der Waals surface area contributed by atoms with Gasteiger partial charge in [0.2, 0.25) is 5.91 Å². The van der Waals surface area contributed by atoms with Crippen LogP contribution in [0.4, 0.5) is 0 Å². The summed E-state index contributed by atoms with van der Waals surface area (Å²) in [7, 11) is 2.41. The second-order valence-corrected chi connectivity index (χ2v) is 15.0. The van der Waals surface area contributed by atoms with Gasteiger partial charge < -0.3 is 27.0 Å². The number of unbranched alkanes of at least 4 members (excludes halogenated alkanes) is 23. The third-order valence-electron chi connectivity index (χ3n) is 9.96. The maximum absolute atomic E-state index is 13.0. The summed E-state index contributed by atoms with van der Waals surface area (Å²) < 4.78 is 1.05. The van der Waals surface area contributed by atoms with Gasteiger partial charge in [0, 0.05) is 6.54 Å². The van der Waals surface area contributed by atoms with Crippen LogP contribution in [0, 0.1) is 0 Å². The lowest BCUT2D eigenvalue weighted by atomic mass is 9.95. The summed E-state index contributed by atoms with van der Waals surface area (Å²) in [4.78, 5) is 17.0. The van der Waals surface area contributed by atoms with Crippen molar-refractivity contribution in [2.24, 2.45) is 22.2 Å². The van der Waals surface area contributed by atoms with E-state index in [1.807, 2.05) is 6.92 Å². The number of rotatable bonds is 35. The van der Waals surface area contributed by atoms with Gasteiger partial charge >= 0.3 is 0 Å². The summed E-state index contributed by atoms with van der Waals surface area (Å²) in [6.45, 7) is 11.1. The van der Waals surface area contributed by atoms with Gasteiger partial charge in [-0.3, -0.25) is 9.79 Å². The third-order valence-corrected chi connectivity index (χ3v) is 9.96. The number of carbonyl (C=O) groups excluding carboxylic acids is 1. The Labute approximate surface area is 287 Å². The van der Waals surface area contributed by atoms with Gasteiger partial charge in [-0.2, -0.15) is 0 Å². The van der Waals surface area contributed by atoms with Crippen LogP contribution >= 0.6 is 0 Å². The van der Waals surface area contributed by atoms with Crippen LogP contribution in [0.2, 0.25) is 0 Å². The molecule has 0 bridgehead atoms. The molecule has 1 amide bonds. The maximum Gasteiger partial charge on any atom is 0.240 e. The highest BCUT2D eigenvalue weighted by Gasteiger charge is 2.28. The zero-order valence-corrected chi connectivity index (χ0v) is 31.7. The van der Waals surface area contributed by atoms with Crippen molar-refractivity contribution in [1.29, 1.82) is 0 Å². The van der Waals surface area contributed by atoms with Crippen LogP contribution in [-0.4, -0.2) is 61.7 Å². The third kappa shape index (κ3) is 28.8. The molecule has 0 aliphatic heterocycles. The minimum atomic E-state index is -0.869. The smallest absolute Gasteiger partial charge is 0.240 e. The molecule has 7 heteroatoms. The van der Waals surface area contributed by atoms with E-state index in [1.165, 1.54) is 167 Å². The minimum absolute atomic E-state index is 0.0448. The number of likely N-dealkylation sites (N-methyl/N-ethyl adjacent to an activating group) is 1. The SMILES string of the molecule is CCCCCCCCCCCCCC[N+](C)(CCCCCCCCCCCCCC)CCNC(=O)C(C)(N)CCCCN=C(N)N. The molecule has 7 N–H and O–H groups in total. The van der Waals surface area contributed by atoms with Crippen LogP contribution in [0.3, 0.4) is 0 Å². The minimum Gasteiger partial charge on any atom is -0.370 e. The molecule has 0 radical (unpaired) electrons. The maximum atomic E-state index is 13.0. The summed E-state index contributed by atoms with van der Waals surface area (Å²) in [6.07, 6.45) is 35.5. The Morgan fingerprint density at radius 1 is 0.587 bits per heavy atom. The van der Waals surface area contributed by atoms with Crippen LogP contribution in [0.1, 0.15) is 194 Å². The Bertz CT molecular complexity index is 679. The predicted octanol–water partition coefficient (Wildman–Crippen LogP) is 9.11. The number of guanidine groups is 1. The molecular formula is C39H83N6O+. The molecule has 0 aliphatic rings. The monoisotopic (exact) mass is 652 g/mol. The molecule has 7 nitrogen and oxygen atoms in total. The van der Waals surface area contributed by atoms with Crippen molar-refractivity contribution in [2.45, 2.75) is 200 Å². The number of amides is 1. The first kappa shape index (κ1) is 44.7. The molecule has 1 unspecified atom stereocenters. The van der Waals surface area contributed by atoms with Gasteiger partial charge in [0.15, 0.2) is 5.96 Å². The number of hydrogen-bond donors (Lipinski definition) is 4. The molecule has 0 spiro atoms. The fourth-order valence-corrected chi connectivity index (χ4v) is 6.57. The predicted molar refractivity (Wildman–Crippen MR) is 203 cm³/mol. The van der Waals surface area contributed by atoms with E-state index in [0.717, 1.165) is 23.9 Å². The Hall–Kier alpha value is -1.34. The molecule has 0 aromatic rings. The lowest BCUT2D eigenvalue weighted by Crippen LogP contribution is -2.55. The van der Waals surface area contributed by atoms with Crippen molar-refractivity contribution in [3.63, 3.8) is 0 Å². The van der Waals surface area contributed by atoms with Gasteiger partial charge in [0.25, 0.3) is 0 Å². The second kappa shape index (κ2) is 31.0. The Morgan fingerprint density at radius 2 is 0.957 bits per heavy atom. The Kier molecular flexibility index (Phi) is 30.1. The highest BCUT2D eigenvalue weighted by Crippen LogP contribution is 2.17. The number of quaternary nitrogens is 1. The molecule has 0 aromatic heterocycles. The quantitative estimate of drug-likeness (QED) is 0.0236. The average Bonchev–Trinajstić information content (AvgIpc) is 3.01. The molecule has 0 aliphatic carbocycles. The van der Waals surface area contributed by atoms with E-state index in [-0.39, 0.29) is 11.9 Å². The van der Waals surface area contributed by atoms with Crippen LogP contribution in [0.15, 0.2) is 4.99 Å². The summed E-state index contributed by atoms with van der Waals surface area (Å²) >= 11 is 0. The van der Waals surface area contributed by atoms with Crippen LogP contribution in [0.25, 0.3) is 0 Å². The largest absolute Gasteiger partial charge is 0.370 e. The highest BCUT2D eigenvalue weighted by molar-refractivity contribution is 5.85. The van der Waals surface area contributed by atoms with Crippen molar-refractivity contribution in [1.82, 2.24) is 5.32 Å². The van der Waals surface area contributed by atoms with Crippen LogP contribution < -0.4 is 22.5 Å². The highest BCUT2D eigenvalue weighted by atomic mass is 16.2.